The van der Waals surface area contributed by atoms with E-state index in [-0.39, 0.29) is 6.10 Å². The van der Waals surface area contributed by atoms with E-state index >= 15 is 0 Å². The molecule has 0 spiro atoms. The minimum absolute atomic E-state index is 0.276. The molecular formula is C13H19BrClNO. The average molecular weight is 321 g/mol. The first-order chi connectivity index (χ1) is 8.04. The van der Waals surface area contributed by atoms with Crippen molar-refractivity contribution in [2.24, 2.45) is 0 Å². The minimum Gasteiger partial charge on any atom is -0.377 e. The summed E-state index contributed by atoms with van der Waals surface area (Å²) in [5.74, 6) is 0. The Kier molecular flexibility index (Phi) is 6.31. The summed E-state index contributed by atoms with van der Waals surface area (Å²) in [6.45, 7) is 5.67. The van der Waals surface area contributed by atoms with E-state index in [0.29, 0.717) is 0 Å². The lowest BCUT2D eigenvalue weighted by Crippen LogP contribution is -2.24. The van der Waals surface area contributed by atoms with Crippen LogP contribution in [0.4, 0.5) is 5.69 Å². The lowest BCUT2D eigenvalue weighted by atomic mass is 10.2. The van der Waals surface area contributed by atoms with Gasteiger partial charge in [0.15, 0.2) is 0 Å². The molecule has 0 aliphatic rings. The number of ether oxygens (including phenoxy) is 1. The molecule has 1 rings (SSSR count). The zero-order chi connectivity index (χ0) is 12.8. The summed E-state index contributed by atoms with van der Waals surface area (Å²) in [7, 11) is 2.06. The Bertz CT molecular complexity index is 357. The highest BCUT2D eigenvalue weighted by molar-refractivity contribution is 9.08. The third-order valence-electron chi connectivity index (χ3n) is 2.48. The van der Waals surface area contributed by atoms with Crippen molar-refractivity contribution >= 4 is 33.2 Å². The molecule has 0 heterocycles. The van der Waals surface area contributed by atoms with Crippen molar-refractivity contribution in [1.82, 2.24) is 0 Å². The quantitative estimate of drug-likeness (QED) is 0.732. The van der Waals surface area contributed by atoms with Gasteiger partial charge < -0.3 is 9.64 Å². The van der Waals surface area contributed by atoms with Crippen LogP contribution in [0.2, 0.25) is 5.02 Å². The highest BCUT2D eigenvalue weighted by Gasteiger charge is 2.07. The van der Waals surface area contributed by atoms with E-state index in [1.54, 1.807) is 0 Å². The van der Waals surface area contributed by atoms with E-state index in [1.807, 2.05) is 32.0 Å². The summed E-state index contributed by atoms with van der Waals surface area (Å²) >= 11 is 9.52. The van der Waals surface area contributed by atoms with Gasteiger partial charge in [0.2, 0.25) is 0 Å². The summed E-state index contributed by atoms with van der Waals surface area (Å²) in [5.41, 5.74) is 2.39. The van der Waals surface area contributed by atoms with Crippen molar-refractivity contribution in [2.45, 2.75) is 25.3 Å². The van der Waals surface area contributed by atoms with Gasteiger partial charge in [0.1, 0.15) is 0 Å². The minimum atomic E-state index is 0.276. The molecule has 0 fully saturated rings. The predicted molar refractivity (Wildman–Crippen MR) is 78.4 cm³/mol. The molecule has 1 aromatic rings. The number of hydrogen-bond donors (Lipinski definition) is 0. The van der Waals surface area contributed by atoms with E-state index in [0.717, 1.165) is 29.2 Å². The number of nitrogens with zero attached hydrogens (tertiary/aromatic N) is 1. The lowest BCUT2D eigenvalue weighted by Gasteiger charge is -2.22. The third kappa shape index (κ3) is 4.86. The normalized spacial score (nSPS) is 10.9. The fraction of sp³-hybridized carbons (Fsp3) is 0.538. The van der Waals surface area contributed by atoms with Crippen LogP contribution in [0.25, 0.3) is 0 Å². The van der Waals surface area contributed by atoms with Crippen LogP contribution < -0.4 is 4.90 Å². The smallest absolute Gasteiger partial charge is 0.0644 e. The molecule has 0 aliphatic heterocycles. The Morgan fingerprint density at radius 2 is 2.12 bits per heavy atom. The van der Waals surface area contributed by atoms with Gasteiger partial charge in [-0.05, 0) is 31.5 Å². The van der Waals surface area contributed by atoms with Crippen LogP contribution >= 0.6 is 27.5 Å². The van der Waals surface area contributed by atoms with Crippen molar-refractivity contribution in [3.05, 3.63) is 28.8 Å². The van der Waals surface area contributed by atoms with Crippen LogP contribution in [0.5, 0.6) is 0 Å². The van der Waals surface area contributed by atoms with Gasteiger partial charge in [-0.3, -0.25) is 0 Å². The molecule has 17 heavy (non-hydrogen) atoms. The van der Waals surface area contributed by atoms with E-state index in [9.17, 15) is 0 Å². The molecule has 4 heteroatoms. The van der Waals surface area contributed by atoms with Crippen molar-refractivity contribution in [3.8, 4) is 0 Å². The first kappa shape index (κ1) is 14.8. The maximum Gasteiger partial charge on any atom is 0.0644 e. The standard InChI is InChI=1S/C13H19BrClNO/c1-10(2)17-7-6-16(3)13-8-12(15)5-4-11(13)9-14/h4-5,8,10H,6-7,9H2,1-3H3. The van der Waals surface area contributed by atoms with Crippen LogP contribution in [0.3, 0.4) is 0 Å². The molecule has 0 radical (unpaired) electrons. The van der Waals surface area contributed by atoms with E-state index < -0.39 is 0 Å². The summed E-state index contributed by atoms with van der Waals surface area (Å²) in [4.78, 5) is 2.17. The first-order valence-corrected chi connectivity index (χ1v) is 7.21. The van der Waals surface area contributed by atoms with E-state index in [2.05, 4.69) is 27.9 Å². The van der Waals surface area contributed by atoms with Crippen LogP contribution in [-0.2, 0) is 10.1 Å². The molecule has 0 saturated heterocycles. The second-order valence-electron chi connectivity index (χ2n) is 4.25. The zero-order valence-corrected chi connectivity index (χ0v) is 12.9. The molecule has 0 unspecified atom stereocenters. The maximum absolute atomic E-state index is 6.03. The number of likely N-dealkylation sites (N-methyl/N-ethyl adjacent to an activating group) is 1. The largest absolute Gasteiger partial charge is 0.377 e. The summed E-state index contributed by atoms with van der Waals surface area (Å²) in [6, 6.07) is 5.96. The number of hydrogen-bond acceptors (Lipinski definition) is 2. The fourth-order valence-electron chi connectivity index (χ4n) is 1.55. The van der Waals surface area contributed by atoms with Crippen molar-refractivity contribution in [3.63, 3.8) is 0 Å². The Balaban J connectivity index is 2.66. The summed E-state index contributed by atoms with van der Waals surface area (Å²) in [5, 5.41) is 1.59. The molecule has 0 aromatic heterocycles. The number of anilines is 1. The topological polar surface area (TPSA) is 12.5 Å². The zero-order valence-electron chi connectivity index (χ0n) is 10.5. The van der Waals surface area contributed by atoms with Crippen LogP contribution in [0, 0.1) is 0 Å². The maximum atomic E-state index is 6.03. The van der Waals surface area contributed by atoms with Gasteiger partial charge in [-0.1, -0.05) is 33.6 Å². The molecule has 0 amide bonds. The molecule has 0 atom stereocenters. The number of halogens is 2. The van der Waals surface area contributed by atoms with Gasteiger partial charge in [0.25, 0.3) is 0 Å². The Morgan fingerprint density at radius 3 is 2.71 bits per heavy atom. The predicted octanol–water partition coefficient (Wildman–Crippen LogP) is 4.10. The van der Waals surface area contributed by atoms with Gasteiger partial charge in [-0.15, -0.1) is 0 Å². The van der Waals surface area contributed by atoms with Gasteiger partial charge in [-0.25, -0.2) is 0 Å². The molecule has 1 aromatic carbocycles. The second kappa shape index (κ2) is 7.24. The fourth-order valence-corrected chi connectivity index (χ4v) is 2.19. The third-order valence-corrected chi connectivity index (χ3v) is 3.32. The SMILES string of the molecule is CC(C)OCCN(C)c1cc(Cl)ccc1CBr. The Labute approximate surface area is 117 Å². The summed E-state index contributed by atoms with van der Waals surface area (Å²) < 4.78 is 5.55. The van der Waals surface area contributed by atoms with Crippen molar-refractivity contribution in [2.75, 3.05) is 25.1 Å². The van der Waals surface area contributed by atoms with Crippen LogP contribution in [-0.4, -0.2) is 26.3 Å². The number of rotatable bonds is 6. The monoisotopic (exact) mass is 319 g/mol. The molecule has 96 valence electrons. The highest BCUT2D eigenvalue weighted by Crippen LogP contribution is 2.25. The molecule has 0 bridgehead atoms. The number of benzene rings is 1. The van der Waals surface area contributed by atoms with Crippen molar-refractivity contribution < 1.29 is 4.74 Å². The van der Waals surface area contributed by atoms with E-state index in [1.165, 1.54) is 5.56 Å². The molecule has 0 saturated carbocycles. The molecular weight excluding hydrogens is 302 g/mol. The van der Waals surface area contributed by atoms with Crippen LogP contribution in [0.1, 0.15) is 19.4 Å². The Morgan fingerprint density at radius 1 is 1.41 bits per heavy atom. The van der Waals surface area contributed by atoms with Gasteiger partial charge >= 0.3 is 0 Å². The van der Waals surface area contributed by atoms with E-state index in [4.69, 9.17) is 16.3 Å². The number of alkyl halides is 1. The van der Waals surface area contributed by atoms with Crippen LogP contribution in [0.15, 0.2) is 18.2 Å². The lowest BCUT2D eigenvalue weighted by molar-refractivity contribution is 0.0846. The van der Waals surface area contributed by atoms with Gasteiger partial charge in [-0.2, -0.15) is 0 Å². The van der Waals surface area contributed by atoms with Gasteiger partial charge in [0, 0.05) is 29.6 Å². The average Bonchev–Trinajstić information content (AvgIpc) is 2.28. The molecule has 0 aliphatic carbocycles. The molecule has 0 N–H and O–H groups in total. The highest BCUT2D eigenvalue weighted by atomic mass is 79.9. The molecule has 2 nitrogen and oxygen atoms in total. The van der Waals surface area contributed by atoms with Crippen molar-refractivity contribution in [1.29, 1.82) is 0 Å². The first-order valence-electron chi connectivity index (χ1n) is 5.71. The second-order valence-corrected chi connectivity index (χ2v) is 5.24. The van der Waals surface area contributed by atoms with Gasteiger partial charge in [0.05, 0.1) is 12.7 Å². The Hall–Kier alpha value is -0.250. The summed E-state index contributed by atoms with van der Waals surface area (Å²) in [6.07, 6.45) is 0.276.